The number of aliphatic carboxylic acids is 1. The summed E-state index contributed by atoms with van der Waals surface area (Å²) in [7, 11) is 1.66. The van der Waals surface area contributed by atoms with E-state index in [1.165, 1.54) is 16.7 Å². The summed E-state index contributed by atoms with van der Waals surface area (Å²) in [5, 5.41) is 28.4. The second-order valence-corrected chi connectivity index (χ2v) is 11.5. The van der Waals surface area contributed by atoms with Crippen molar-refractivity contribution in [2.75, 3.05) is 33.3 Å². The number of likely N-dealkylation sites (tertiary alicyclic amines) is 1. The highest BCUT2D eigenvalue weighted by Crippen LogP contribution is 2.51. The molecule has 4 heterocycles. The highest BCUT2D eigenvalue weighted by molar-refractivity contribution is 8.03. The number of rotatable bonds is 9. The fourth-order valence-electron chi connectivity index (χ4n) is 6.01. The highest BCUT2D eigenvalue weighted by atomic mass is 32.2. The molecule has 0 aromatic carbocycles. The lowest BCUT2D eigenvalue weighted by atomic mass is 9.78. The van der Waals surface area contributed by atoms with E-state index < -0.39 is 24.0 Å². The van der Waals surface area contributed by atoms with Crippen LogP contribution in [0.3, 0.4) is 0 Å². The van der Waals surface area contributed by atoms with Crippen molar-refractivity contribution >= 4 is 35.5 Å². The fraction of sp³-hybridized carbons (Fsp3) is 0.739. The number of thioether (sulfide) groups is 1. The lowest BCUT2D eigenvalue weighted by Crippen LogP contribution is -2.66. The van der Waals surface area contributed by atoms with Crippen LogP contribution in [0, 0.1) is 11.8 Å². The summed E-state index contributed by atoms with van der Waals surface area (Å²) in [6.07, 6.45) is 1.08. The Labute approximate surface area is 214 Å². The third-order valence-electron chi connectivity index (χ3n) is 7.68. The average Bonchev–Trinajstić information content (AvgIpc) is 3.49. The van der Waals surface area contributed by atoms with Crippen LogP contribution in [0.25, 0.3) is 0 Å². The maximum atomic E-state index is 13.1. The van der Waals surface area contributed by atoms with Gasteiger partial charge in [-0.2, -0.15) is 0 Å². The molecular formula is C23H36N6O6S. The minimum Gasteiger partial charge on any atom is -0.477 e. The molecule has 0 radical (unpaired) electrons. The molecule has 0 saturated carbocycles. The van der Waals surface area contributed by atoms with Crippen molar-refractivity contribution in [3.63, 3.8) is 0 Å². The van der Waals surface area contributed by atoms with Gasteiger partial charge in [0.25, 0.3) is 0 Å². The van der Waals surface area contributed by atoms with Crippen molar-refractivity contribution in [2.24, 2.45) is 17.6 Å². The van der Waals surface area contributed by atoms with Gasteiger partial charge in [-0.25, -0.2) is 4.79 Å². The molecule has 3 fully saturated rings. The summed E-state index contributed by atoms with van der Waals surface area (Å²) in [4.78, 5) is 53.9. The van der Waals surface area contributed by atoms with Gasteiger partial charge in [-0.15, -0.1) is 11.8 Å². The lowest BCUT2D eigenvalue weighted by Gasteiger charge is -2.47. The van der Waals surface area contributed by atoms with Crippen molar-refractivity contribution in [1.29, 1.82) is 0 Å². The number of hydrogen-bond donors (Lipinski definition) is 6. The van der Waals surface area contributed by atoms with Gasteiger partial charge in [0.2, 0.25) is 17.7 Å². The second kappa shape index (κ2) is 10.7. The van der Waals surface area contributed by atoms with Crippen molar-refractivity contribution in [3.05, 3.63) is 10.6 Å². The van der Waals surface area contributed by atoms with Gasteiger partial charge in [0.15, 0.2) is 0 Å². The predicted octanol–water partition coefficient (Wildman–Crippen LogP) is -2.13. The van der Waals surface area contributed by atoms with Crippen LogP contribution in [-0.2, 0) is 19.2 Å². The third-order valence-corrected chi connectivity index (χ3v) is 9.19. The number of fused-ring (bicyclic) bond motifs is 1. The van der Waals surface area contributed by atoms with Gasteiger partial charge < -0.3 is 41.7 Å². The summed E-state index contributed by atoms with van der Waals surface area (Å²) in [5.74, 6) is -2.48. The van der Waals surface area contributed by atoms with Crippen LogP contribution in [0.1, 0.15) is 26.7 Å². The largest absolute Gasteiger partial charge is 0.477 e. The maximum absolute atomic E-state index is 13.1. The Balaban J connectivity index is 1.43. The SMILES string of the molecule is CNCC(=O)NC(C)[C@H]1C(=O)N2C(C(=O)O)=C(S[C@@H]3CN[C@H](C(=O)N4C[C@@H](N)C[C@H]4CO)C3)[C@H](C)[C@H]12. The molecule has 3 saturated heterocycles. The molecule has 1 unspecified atom stereocenters. The van der Waals surface area contributed by atoms with Crippen molar-refractivity contribution in [1.82, 2.24) is 25.8 Å². The number of nitrogens with zero attached hydrogens (tertiary/aromatic N) is 2. The molecule has 200 valence electrons. The summed E-state index contributed by atoms with van der Waals surface area (Å²) in [6.45, 7) is 4.62. The van der Waals surface area contributed by atoms with Gasteiger partial charge in [-0.3, -0.25) is 14.4 Å². The van der Waals surface area contributed by atoms with E-state index in [0.717, 1.165) is 0 Å². The number of carboxylic acid groups (broad SMARTS) is 1. The first kappa shape index (κ1) is 26.9. The van der Waals surface area contributed by atoms with Gasteiger partial charge in [-0.1, -0.05) is 6.92 Å². The summed E-state index contributed by atoms with van der Waals surface area (Å²) >= 11 is 1.42. The number of likely N-dealkylation sites (N-methyl/N-ethyl adjacent to an activating group) is 1. The van der Waals surface area contributed by atoms with E-state index in [9.17, 15) is 29.4 Å². The van der Waals surface area contributed by atoms with E-state index in [0.29, 0.717) is 30.8 Å². The van der Waals surface area contributed by atoms with E-state index >= 15 is 0 Å². The first-order chi connectivity index (χ1) is 17.1. The van der Waals surface area contributed by atoms with Gasteiger partial charge in [-0.05, 0) is 26.8 Å². The lowest BCUT2D eigenvalue weighted by molar-refractivity contribution is -0.158. The van der Waals surface area contributed by atoms with Crippen LogP contribution in [0.15, 0.2) is 10.6 Å². The quantitative estimate of drug-likeness (QED) is 0.183. The number of carbonyl (C=O) groups excluding carboxylic acids is 3. The predicted molar refractivity (Wildman–Crippen MR) is 132 cm³/mol. The summed E-state index contributed by atoms with van der Waals surface area (Å²) in [6, 6.07) is -1.62. The molecule has 0 aromatic heterocycles. The normalized spacial score (nSPS) is 34.6. The zero-order valence-corrected chi connectivity index (χ0v) is 21.6. The molecule has 3 amide bonds. The van der Waals surface area contributed by atoms with Crippen LogP contribution in [-0.4, -0.2) is 112 Å². The molecule has 0 aliphatic carbocycles. The highest BCUT2D eigenvalue weighted by Gasteiger charge is 2.60. The molecule has 13 heteroatoms. The molecule has 0 spiro atoms. The van der Waals surface area contributed by atoms with Gasteiger partial charge in [0.05, 0.1) is 37.2 Å². The zero-order valence-electron chi connectivity index (χ0n) is 20.8. The third kappa shape index (κ3) is 4.74. The molecule has 36 heavy (non-hydrogen) atoms. The van der Waals surface area contributed by atoms with Gasteiger partial charge in [0, 0.05) is 41.2 Å². The van der Waals surface area contributed by atoms with Crippen LogP contribution in [0.4, 0.5) is 0 Å². The maximum Gasteiger partial charge on any atom is 0.353 e. The Kier molecular flexibility index (Phi) is 7.95. The molecule has 0 aromatic rings. The van der Waals surface area contributed by atoms with Crippen molar-refractivity contribution < 1.29 is 29.4 Å². The fourth-order valence-corrected chi connectivity index (χ4v) is 7.49. The smallest absolute Gasteiger partial charge is 0.353 e. The van der Waals surface area contributed by atoms with E-state index in [1.54, 1.807) is 18.9 Å². The van der Waals surface area contributed by atoms with Gasteiger partial charge >= 0.3 is 5.97 Å². The molecule has 4 aliphatic heterocycles. The van der Waals surface area contributed by atoms with Gasteiger partial charge in [0.1, 0.15) is 5.70 Å². The number of aliphatic hydroxyl groups is 1. The van der Waals surface area contributed by atoms with E-state index in [2.05, 4.69) is 16.0 Å². The number of amides is 3. The number of carbonyl (C=O) groups is 4. The molecule has 4 aliphatic rings. The van der Waals surface area contributed by atoms with Crippen molar-refractivity contribution in [2.45, 2.75) is 62.1 Å². The van der Waals surface area contributed by atoms with Crippen LogP contribution < -0.4 is 21.7 Å². The minimum atomic E-state index is -1.15. The van der Waals surface area contributed by atoms with E-state index in [1.807, 2.05) is 6.92 Å². The minimum absolute atomic E-state index is 0.00754. The Morgan fingerprint density at radius 2 is 2.03 bits per heavy atom. The number of nitrogens with one attached hydrogen (secondary N) is 3. The average molecular weight is 525 g/mol. The molecular weight excluding hydrogens is 488 g/mol. The molecule has 0 bridgehead atoms. The molecule has 7 N–H and O–H groups in total. The molecule has 12 nitrogen and oxygen atoms in total. The first-order valence-electron chi connectivity index (χ1n) is 12.4. The van der Waals surface area contributed by atoms with E-state index in [-0.39, 0.29) is 65.9 Å². The molecule has 4 rings (SSSR count). The molecule has 8 atom stereocenters. The zero-order chi connectivity index (χ0) is 26.3. The Morgan fingerprint density at radius 3 is 2.67 bits per heavy atom. The Hall–Kier alpha value is -2.19. The first-order valence-corrected chi connectivity index (χ1v) is 13.3. The standard InChI is InChI=1S/C23H36N6O6S/c1-10-18-17(11(2)27-16(31)7-25-3)22(33)29(18)19(23(34)35)20(10)36-14-5-15(26-6-14)21(32)28-8-12(24)4-13(28)9-30/h10-15,17-18,25-26,30H,4-9,24H2,1-3H3,(H,27,31)(H,34,35)/t10-,11?,12+,13+,14+,15+,17-,18-/m1/s1. The monoisotopic (exact) mass is 524 g/mol. The number of nitrogens with two attached hydrogens (primary N) is 1. The van der Waals surface area contributed by atoms with Crippen LogP contribution in [0.5, 0.6) is 0 Å². The van der Waals surface area contributed by atoms with Crippen LogP contribution in [0.2, 0.25) is 0 Å². The summed E-state index contributed by atoms with van der Waals surface area (Å²) < 4.78 is 0. The second-order valence-electron chi connectivity index (χ2n) is 10.2. The number of β-lactam (4-membered cyclic amide) rings is 1. The number of hydrogen-bond acceptors (Lipinski definition) is 9. The Bertz CT molecular complexity index is 961. The van der Waals surface area contributed by atoms with E-state index in [4.69, 9.17) is 5.73 Å². The van der Waals surface area contributed by atoms with Crippen molar-refractivity contribution in [3.8, 4) is 0 Å². The number of aliphatic hydroxyl groups excluding tert-OH is 1. The van der Waals surface area contributed by atoms with Crippen LogP contribution >= 0.6 is 11.8 Å². The topological polar surface area (TPSA) is 177 Å². The summed E-state index contributed by atoms with van der Waals surface area (Å²) in [5.41, 5.74) is 6.00. The Morgan fingerprint density at radius 1 is 1.31 bits per heavy atom. The number of carboxylic acids is 1.